The van der Waals surface area contributed by atoms with Gasteiger partial charge in [-0.05, 0) is 56.2 Å². The zero-order valence-electron chi connectivity index (χ0n) is 15.6. The van der Waals surface area contributed by atoms with Gasteiger partial charge >= 0.3 is 0 Å². The first-order chi connectivity index (χ1) is 12.7. The van der Waals surface area contributed by atoms with Crippen molar-refractivity contribution in [3.8, 4) is 0 Å². The van der Waals surface area contributed by atoms with Gasteiger partial charge in [0.25, 0.3) is 0 Å². The van der Waals surface area contributed by atoms with E-state index in [9.17, 15) is 0 Å². The minimum Gasteiger partial charge on any atom is -0.366 e. The third-order valence-electron chi connectivity index (χ3n) is 5.78. The number of benzene rings is 1. The average molecular weight is 351 g/mol. The molecule has 1 aromatic heterocycles. The standard InChI is InChI=1S/C22H30N4/c1-15-3-2-4-16(11-15)13-24-22-10-5-17(14-25-22)20-12-21(20)26-19-8-6-18(23)7-9-19/h2-5,10-11,14,18-21,26H,6-9,12-13,23H2,1H3,(H,24,25)/t18?,19?,20-,21+/m0/s1. The molecule has 1 aromatic carbocycles. The van der Waals surface area contributed by atoms with Gasteiger partial charge in [-0.15, -0.1) is 0 Å². The number of pyridine rings is 1. The molecular weight excluding hydrogens is 320 g/mol. The second-order valence-corrected chi connectivity index (χ2v) is 8.05. The zero-order valence-corrected chi connectivity index (χ0v) is 15.6. The minimum atomic E-state index is 0.423. The second-order valence-electron chi connectivity index (χ2n) is 8.05. The summed E-state index contributed by atoms with van der Waals surface area (Å²) in [5.41, 5.74) is 9.94. The number of rotatable bonds is 6. The number of aromatic nitrogens is 1. The van der Waals surface area contributed by atoms with E-state index in [1.165, 1.54) is 36.0 Å². The van der Waals surface area contributed by atoms with Gasteiger partial charge in [-0.2, -0.15) is 0 Å². The highest BCUT2D eigenvalue weighted by atomic mass is 15.0. The molecule has 0 bridgehead atoms. The molecule has 0 unspecified atom stereocenters. The van der Waals surface area contributed by atoms with Crippen molar-refractivity contribution in [3.05, 3.63) is 59.3 Å². The highest BCUT2D eigenvalue weighted by Crippen LogP contribution is 2.41. The Morgan fingerprint density at radius 2 is 1.96 bits per heavy atom. The Bertz CT molecular complexity index is 719. The lowest BCUT2D eigenvalue weighted by atomic mass is 9.92. The zero-order chi connectivity index (χ0) is 17.9. The highest BCUT2D eigenvalue weighted by molar-refractivity contribution is 5.39. The first-order valence-electron chi connectivity index (χ1n) is 9.94. The molecule has 2 fully saturated rings. The minimum absolute atomic E-state index is 0.423. The van der Waals surface area contributed by atoms with E-state index in [2.05, 4.69) is 58.9 Å². The molecule has 2 aliphatic rings. The first kappa shape index (κ1) is 17.5. The van der Waals surface area contributed by atoms with Crippen molar-refractivity contribution in [2.24, 2.45) is 5.73 Å². The molecule has 2 aliphatic carbocycles. The largest absolute Gasteiger partial charge is 0.366 e. The second kappa shape index (κ2) is 7.77. The molecule has 4 rings (SSSR count). The van der Waals surface area contributed by atoms with Crippen molar-refractivity contribution in [2.75, 3.05) is 5.32 Å². The van der Waals surface area contributed by atoms with Crippen molar-refractivity contribution < 1.29 is 0 Å². The van der Waals surface area contributed by atoms with Crippen LogP contribution in [0.4, 0.5) is 5.82 Å². The summed E-state index contributed by atoms with van der Waals surface area (Å²) in [7, 11) is 0. The van der Waals surface area contributed by atoms with Crippen LogP contribution in [0.2, 0.25) is 0 Å². The van der Waals surface area contributed by atoms with E-state index in [0.717, 1.165) is 25.2 Å². The van der Waals surface area contributed by atoms with Crippen molar-refractivity contribution in [3.63, 3.8) is 0 Å². The van der Waals surface area contributed by atoms with Crippen LogP contribution in [-0.2, 0) is 6.54 Å². The predicted octanol–water partition coefficient (Wildman–Crippen LogP) is 3.72. The molecule has 2 saturated carbocycles. The summed E-state index contributed by atoms with van der Waals surface area (Å²) in [6.45, 7) is 2.93. The van der Waals surface area contributed by atoms with Gasteiger partial charge in [0.2, 0.25) is 0 Å². The predicted molar refractivity (Wildman–Crippen MR) is 107 cm³/mol. The Hall–Kier alpha value is -1.91. The quantitative estimate of drug-likeness (QED) is 0.743. The summed E-state index contributed by atoms with van der Waals surface area (Å²) in [5.74, 6) is 1.57. The Balaban J connectivity index is 1.26. The van der Waals surface area contributed by atoms with Crippen molar-refractivity contribution in [1.29, 1.82) is 0 Å². The number of hydrogen-bond donors (Lipinski definition) is 3. The Morgan fingerprint density at radius 1 is 1.12 bits per heavy atom. The van der Waals surface area contributed by atoms with Crippen LogP contribution >= 0.6 is 0 Å². The van der Waals surface area contributed by atoms with Gasteiger partial charge < -0.3 is 16.4 Å². The molecule has 0 aliphatic heterocycles. The topological polar surface area (TPSA) is 63.0 Å². The molecule has 0 saturated heterocycles. The Labute approximate surface area is 156 Å². The van der Waals surface area contributed by atoms with Crippen LogP contribution in [0.3, 0.4) is 0 Å². The van der Waals surface area contributed by atoms with Crippen molar-refractivity contribution >= 4 is 5.82 Å². The van der Waals surface area contributed by atoms with Gasteiger partial charge in [-0.1, -0.05) is 35.9 Å². The lowest BCUT2D eigenvalue weighted by Crippen LogP contribution is -2.38. The Kier molecular flexibility index (Phi) is 5.23. The van der Waals surface area contributed by atoms with E-state index in [1.54, 1.807) is 0 Å². The van der Waals surface area contributed by atoms with Gasteiger partial charge in [-0.3, -0.25) is 0 Å². The van der Waals surface area contributed by atoms with Gasteiger partial charge in [-0.25, -0.2) is 4.98 Å². The molecular formula is C22H30N4. The summed E-state index contributed by atoms with van der Waals surface area (Å²) in [6, 6.07) is 14.6. The van der Waals surface area contributed by atoms with Gasteiger partial charge in [0.1, 0.15) is 5.82 Å². The molecule has 0 spiro atoms. The molecule has 26 heavy (non-hydrogen) atoms. The lowest BCUT2D eigenvalue weighted by molar-refractivity contribution is 0.339. The van der Waals surface area contributed by atoms with Crippen LogP contribution < -0.4 is 16.4 Å². The smallest absolute Gasteiger partial charge is 0.126 e. The summed E-state index contributed by atoms with van der Waals surface area (Å²) in [6.07, 6.45) is 8.06. The van der Waals surface area contributed by atoms with E-state index in [1.807, 2.05) is 6.20 Å². The molecule has 2 aromatic rings. The SMILES string of the molecule is Cc1cccc(CNc2ccc([C@@H]3C[C@H]3NC3CCC(N)CC3)cn2)c1. The highest BCUT2D eigenvalue weighted by Gasteiger charge is 2.39. The Morgan fingerprint density at radius 3 is 2.69 bits per heavy atom. The molecule has 0 radical (unpaired) electrons. The van der Waals surface area contributed by atoms with E-state index in [4.69, 9.17) is 5.73 Å². The average Bonchev–Trinajstić information content (AvgIpc) is 3.42. The van der Waals surface area contributed by atoms with Gasteiger partial charge in [0.15, 0.2) is 0 Å². The summed E-state index contributed by atoms with van der Waals surface area (Å²) in [4.78, 5) is 4.61. The van der Waals surface area contributed by atoms with Crippen LogP contribution in [0.25, 0.3) is 0 Å². The third kappa shape index (κ3) is 4.43. The van der Waals surface area contributed by atoms with E-state index < -0.39 is 0 Å². The summed E-state index contributed by atoms with van der Waals surface area (Å²) < 4.78 is 0. The van der Waals surface area contributed by atoms with Gasteiger partial charge in [0.05, 0.1) is 0 Å². The van der Waals surface area contributed by atoms with Crippen LogP contribution in [0.15, 0.2) is 42.6 Å². The normalized spacial score (nSPS) is 27.9. The fourth-order valence-corrected chi connectivity index (χ4v) is 4.08. The number of nitrogens with one attached hydrogen (secondary N) is 2. The van der Waals surface area contributed by atoms with Crippen LogP contribution in [0, 0.1) is 6.92 Å². The number of nitrogens with two attached hydrogens (primary N) is 1. The van der Waals surface area contributed by atoms with E-state index in [0.29, 0.717) is 24.0 Å². The number of nitrogens with zero attached hydrogens (tertiary/aromatic N) is 1. The van der Waals surface area contributed by atoms with Crippen LogP contribution in [-0.4, -0.2) is 23.1 Å². The number of hydrogen-bond acceptors (Lipinski definition) is 4. The number of anilines is 1. The molecule has 138 valence electrons. The van der Waals surface area contributed by atoms with Crippen LogP contribution in [0.1, 0.15) is 54.7 Å². The van der Waals surface area contributed by atoms with Crippen molar-refractivity contribution in [1.82, 2.24) is 10.3 Å². The van der Waals surface area contributed by atoms with Gasteiger partial charge in [0, 0.05) is 36.8 Å². The lowest BCUT2D eigenvalue weighted by Gasteiger charge is -2.27. The maximum Gasteiger partial charge on any atom is 0.126 e. The fourth-order valence-electron chi connectivity index (χ4n) is 4.08. The van der Waals surface area contributed by atoms with E-state index in [-0.39, 0.29) is 0 Å². The van der Waals surface area contributed by atoms with E-state index >= 15 is 0 Å². The molecule has 4 N–H and O–H groups in total. The molecule has 0 amide bonds. The maximum absolute atomic E-state index is 6.00. The number of aryl methyl sites for hydroxylation is 1. The molecule has 1 heterocycles. The monoisotopic (exact) mass is 350 g/mol. The summed E-state index contributed by atoms with van der Waals surface area (Å²) in [5, 5.41) is 7.25. The fraction of sp³-hybridized carbons (Fsp3) is 0.500. The maximum atomic E-state index is 6.00. The molecule has 2 atom stereocenters. The molecule has 4 nitrogen and oxygen atoms in total. The van der Waals surface area contributed by atoms with Crippen molar-refractivity contribution in [2.45, 2.75) is 69.6 Å². The molecule has 4 heteroatoms. The first-order valence-corrected chi connectivity index (χ1v) is 9.94. The van der Waals surface area contributed by atoms with Crippen LogP contribution in [0.5, 0.6) is 0 Å². The third-order valence-corrected chi connectivity index (χ3v) is 5.78. The summed E-state index contributed by atoms with van der Waals surface area (Å²) >= 11 is 0.